The minimum atomic E-state index is 0.130. The third kappa shape index (κ3) is 3.85. The van der Waals surface area contributed by atoms with Crippen LogP contribution in [0, 0.1) is 0 Å². The van der Waals surface area contributed by atoms with E-state index in [0.29, 0.717) is 13.0 Å². The van der Waals surface area contributed by atoms with Gasteiger partial charge in [0, 0.05) is 44.5 Å². The first-order valence-corrected chi connectivity index (χ1v) is 6.60. The van der Waals surface area contributed by atoms with Crippen molar-refractivity contribution in [1.82, 2.24) is 14.7 Å². The van der Waals surface area contributed by atoms with Crippen molar-refractivity contribution in [2.45, 2.75) is 19.4 Å². The van der Waals surface area contributed by atoms with Crippen LogP contribution in [0.1, 0.15) is 17.5 Å². The maximum atomic E-state index is 12.1. The highest BCUT2D eigenvalue weighted by molar-refractivity contribution is 5.76. The molecule has 1 heterocycles. The number of hydrogen-bond donors (Lipinski definition) is 1. The Labute approximate surface area is 119 Å². The van der Waals surface area contributed by atoms with E-state index >= 15 is 0 Å². The topological polar surface area (TPSA) is 64.2 Å². The molecule has 0 unspecified atom stereocenters. The lowest BCUT2D eigenvalue weighted by atomic mass is 10.1. The van der Waals surface area contributed by atoms with Crippen molar-refractivity contribution in [3.8, 4) is 0 Å². The number of nitrogens with zero attached hydrogens (tertiary/aromatic N) is 3. The molecule has 0 spiro atoms. The molecule has 106 valence electrons. The van der Waals surface area contributed by atoms with Crippen molar-refractivity contribution < 1.29 is 4.79 Å². The lowest BCUT2D eigenvalue weighted by molar-refractivity contribution is -0.130. The number of nitrogen functional groups attached to an aromatic ring is 1. The number of rotatable bonds is 5. The van der Waals surface area contributed by atoms with Gasteiger partial charge in [0.2, 0.25) is 5.91 Å². The maximum Gasteiger partial charge on any atom is 0.222 e. The fourth-order valence-electron chi connectivity index (χ4n) is 2.04. The lowest BCUT2D eigenvalue weighted by Crippen LogP contribution is -2.26. The van der Waals surface area contributed by atoms with Gasteiger partial charge in [0.1, 0.15) is 0 Å². The number of amides is 1. The van der Waals surface area contributed by atoms with Gasteiger partial charge in [0.25, 0.3) is 0 Å². The molecule has 1 aromatic carbocycles. The minimum Gasteiger partial charge on any atom is -0.399 e. The van der Waals surface area contributed by atoms with E-state index in [4.69, 9.17) is 5.73 Å². The summed E-state index contributed by atoms with van der Waals surface area (Å²) < 4.78 is 1.74. The van der Waals surface area contributed by atoms with Crippen molar-refractivity contribution in [3.63, 3.8) is 0 Å². The Bertz CT molecular complexity index is 574. The van der Waals surface area contributed by atoms with Gasteiger partial charge >= 0.3 is 0 Å². The van der Waals surface area contributed by atoms with E-state index in [0.717, 1.165) is 23.2 Å². The second kappa shape index (κ2) is 6.23. The number of aryl methyl sites for hydroxylation is 2. The minimum absolute atomic E-state index is 0.130. The van der Waals surface area contributed by atoms with Gasteiger partial charge in [0.05, 0.1) is 6.20 Å². The van der Waals surface area contributed by atoms with Crippen LogP contribution in [-0.2, 0) is 24.8 Å². The number of anilines is 1. The molecule has 0 atom stereocenters. The van der Waals surface area contributed by atoms with Gasteiger partial charge in [-0.15, -0.1) is 0 Å². The SMILES string of the molecule is CN(Cc1cnn(C)c1)C(=O)CCc1ccc(N)cc1. The average molecular weight is 272 g/mol. The molecule has 1 aromatic heterocycles. The molecule has 0 radical (unpaired) electrons. The molecule has 0 saturated heterocycles. The monoisotopic (exact) mass is 272 g/mol. The van der Waals surface area contributed by atoms with Crippen molar-refractivity contribution >= 4 is 11.6 Å². The van der Waals surface area contributed by atoms with Gasteiger partial charge in [0.15, 0.2) is 0 Å². The molecule has 0 bridgehead atoms. The molecule has 20 heavy (non-hydrogen) atoms. The first-order chi connectivity index (χ1) is 9.54. The predicted octanol–water partition coefficient (Wildman–Crippen LogP) is 1.59. The molecule has 1 amide bonds. The Morgan fingerprint density at radius 2 is 2.00 bits per heavy atom. The van der Waals surface area contributed by atoms with Crippen molar-refractivity contribution in [2.75, 3.05) is 12.8 Å². The fraction of sp³-hybridized carbons (Fsp3) is 0.333. The molecule has 0 aliphatic carbocycles. The van der Waals surface area contributed by atoms with Crippen LogP contribution in [0.25, 0.3) is 0 Å². The van der Waals surface area contributed by atoms with Crippen molar-refractivity contribution in [3.05, 3.63) is 47.8 Å². The number of hydrogen-bond acceptors (Lipinski definition) is 3. The average Bonchev–Trinajstić information content (AvgIpc) is 2.83. The Morgan fingerprint density at radius 1 is 1.30 bits per heavy atom. The summed E-state index contributed by atoms with van der Waals surface area (Å²) in [6.45, 7) is 0.592. The quantitative estimate of drug-likeness (QED) is 0.841. The normalized spacial score (nSPS) is 10.5. The first-order valence-electron chi connectivity index (χ1n) is 6.60. The Hall–Kier alpha value is -2.30. The molecule has 0 aliphatic rings. The summed E-state index contributed by atoms with van der Waals surface area (Å²) in [5.41, 5.74) is 8.54. The van der Waals surface area contributed by atoms with Gasteiger partial charge in [-0.05, 0) is 24.1 Å². The molecule has 5 nitrogen and oxygen atoms in total. The van der Waals surface area contributed by atoms with Crippen LogP contribution < -0.4 is 5.73 Å². The van der Waals surface area contributed by atoms with Gasteiger partial charge in [-0.3, -0.25) is 9.48 Å². The summed E-state index contributed by atoms with van der Waals surface area (Å²) in [6.07, 6.45) is 4.94. The highest BCUT2D eigenvalue weighted by Gasteiger charge is 2.10. The van der Waals surface area contributed by atoms with Gasteiger partial charge in [-0.25, -0.2) is 0 Å². The van der Waals surface area contributed by atoms with Crippen LogP contribution in [-0.4, -0.2) is 27.6 Å². The number of carbonyl (C=O) groups is 1. The van der Waals surface area contributed by atoms with Crippen molar-refractivity contribution in [2.24, 2.45) is 7.05 Å². The van der Waals surface area contributed by atoms with E-state index < -0.39 is 0 Å². The second-order valence-corrected chi connectivity index (χ2v) is 5.01. The zero-order valence-electron chi connectivity index (χ0n) is 11.9. The first kappa shape index (κ1) is 14.1. The zero-order chi connectivity index (χ0) is 14.5. The summed E-state index contributed by atoms with van der Waals surface area (Å²) in [7, 11) is 3.69. The lowest BCUT2D eigenvalue weighted by Gasteiger charge is -2.16. The molecule has 2 rings (SSSR count). The van der Waals surface area contributed by atoms with E-state index in [9.17, 15) is 4.79 Å². The van der Waals surface area contributed by atoms with Crippen LogP contribution in [0.2, 0.25) is 0 Å². The molecule has 2 aromatic rings. The molecular weight excluding hydrogens is 252 g/mol. The second-order valence-electron chi connectivity index (χ2n) is 5.01. The number of nitrogens with two attached hydrogens (primary N) is 1. The Balaban J connectivity index is 1.83. The Kier molecular flexibility index (Phi) is 4.40. The molecule has 0 fully saturated rings. The molecule has 0 aliphatic heterocycles. The molecule has 5 heteroatoms. The Morgan fingerprint density at radius 3 is 2.60 bits per heavy atom. The van der Waals surface area contributed by atoms with E-state index in [1.165, 1.54) is 0 Å². The van der Waals surface area contributed by atoms with Gasteiger partial charge in [-0.1, -0.05) is 12.1 Å². The molecule has 2 N–H and O–H groups in total. The highest BCUT2D eigenvalue weighted by atomic mass is 16.2. The van der Waals surface area contributed by atoms with Crippen molar-refractivity contribution in [1.29, 1.82) is 0 Å². The number of carbonyl (C=O) groups excluding carboxylic acids is 1. The largest absolute Gasteiger partial charge is 0.399 e. The molecule has 0 saturated carbocycles. The zero-order valence-corrected chi connectivity index (χ0v) is 11.9. The molecular formula is C15H20N4O. The summed E-state index contributed by atoms with van der Waals surface area (Å²) in [4.78, 5) is 13.8. The van der Waals surface area contributed by atoms with Crippen LogP contribution >= 0.6 is 0 Å². The third-order valence-corrected chi connectivity index (χ3v) is 3.21. The highest BCUT2D eigenvalue weighted by Crippen LogP contribution is 2.09. The summed E-state index contributed by atoms with van der Waals surface area (Å²) in [5.74, 6) is 0.130. The smallest absolute Gasteiger partial charge is 0.222 e. The van der Waals surface area contributed by atoms with E-state index in [1.54, 1.807) is 15.8 Å². The van der Waals surface area contributed by atoms with Crippen LogP contribution in [0.4, 0.5) is 5.69 Å². The van der Waals surface area contributed by atoms with Crippen LogP contribution in [0.3, 0.4) is 0 Å². The maximum absolute atomic E-state index is 12.1. The van der Waals surface area contributed by atoms with E-state index in [2.05, 4.69) is 5.10 Å². The fourth-order valence-corrected chi connectivity index (χ4v) is 2.04. The standard InChI is InChI=1S/C15H20N4O/c1-18(10-13-9-17-19(2)11-13)15(20)8-5-12-3-6-14(16)7-4-12/h3-4,6-7,9,11H,5,8,10,16H2,1-2H3. The van der Waals surface area contributed by atoms with Crippen LogP contribution in [0.15, 0.2) is 36.7 Å². The third-order valence-electron chi connectivity index (χ3n) is 3.21. The van der Waals surface area contributed by atoms with Gasteiger partial charge in [-0.2, -0.15) is 5.10 Å². The predicted molar refractivity (Wildman–Crippen MR) is 78.9 cm³/mol. The van der Waals surface area contributed by atoms with Crippen LogP contribution in [0.5, 0.6) is 0 Å². The summed E-state index contributed by atoms with van der Waals surface area (Å²) >= 11 is 0. The van der Waals surface area contributed by atoms with E-state index in [1.807, 2.05) is 44.6 Å². The summed E-state index contributed by atoms with van der Waals surface area (Å²) in [5, 5.41) is 4.10. The number of aromatic nitrogens is 2. The van der Waals surface area contributed by atoms with Gasteiger partial charge < -0.3 is 10.6 Å². The number of benzene rings is 1. The summed E-state index contributed by atoms with van der Waals surface area (Å²) in [6, 6.07) is 7.64. The van der Waals surface area contributed by atoms with E-state index in [-0.39, 0.29) is 5.91 Å².